The molecule has 6 nitrogen and oxygen atoms in total. The van der Waals surface area contributed by atoms with Crippen LogP contribution in [-0.2, 0) is 14.6 Å². The van der Waals surface area contributed by atoms with Gasteiger partial charge in [0, 0.05) is 26.5 Å². The van der Waals surface area contributed by atoms with Gasteiger partial charge in [0.2, 0.25) is 0 Å². The van der Waals surface area contributed by atoms with E-state index in [2.05, 4.69) is 5.32 Å². The summed E-state index contributed by atoms with van der Waals surface area (Å²) in [6.07, 6.45) is 3.30. The number of carbonyl (C=O) groups excluding carboxylic acids is 1. The lowest BCUT2D eigenvalue weighted by Gasteiger charge is -2.26. The number of hydrogen-bond donors (Lipinski definition) is 1. The summed E-state index contributed by atoms with van der Waals surface area (Å²) < 4.78 is 28.4. The van der Waals surface area contributed by atoms with Crippen LogP contribution in [0.25, 0.3) is 0 Å². The van der Waals surface area contributed by atoms with Crippen LogP contribution in [0.15, 0.2) is 29.2 Å². The third-order valence-electron chi connectivity index (χ3n) is 4.20. The first-order valence-corrected chi connectivity index (χ1v) is 9.60. The topological polar surface area (TPSA) is 75.7 Å². The standard InChI is InChI=1S/C16H24N2O4S/c1-12(13-6-8-15(9-7-13)23(3,20)21)18(2)16(19)17-11-14-5-4-10-22-14/h6-9,12,14H,4-5,10-11H2,1-3H3,(H,17,19). The summed E-state index contributed by atoms with van der Waals surface area (Å²) >= 11 is 0. The van der Waals surface area contributed by atoms with E-state index in [1.807, 2.05) is 6.92 Å². The van der Waals surface area contributed by atoms with Crippen molar-refractivity contribution in [2.75, 3.05) is 26.5 Å². The van der Waals surface area contributed by atoms with E-state index in [9.17, 15) is 13.2 Å². The summed E-state index contributed by atoms with van der Waals surface area (Å²) in [6, 6.07) is 6.29. The minimum Gasteiger partial charge on any atom is -0.376 e. The Morgan fingerprint density at radius 3 is 2.57 bits per heavy atom. The van der Waals surface area contributed by atoms with Gasteiger partial charge in [0.05, 0.1) is 17.0 Å². The lowest BCUT2D eigenvalue weighted by Crippen LogP contribution is -2.41. The Morgan fingerprint density at radius 1 is 1.39 bits per heavy atom. The van der Waals surface area contributed by atoms with Gasteiger partial charge in [-0.2, -0.15) is 0 Å². The maximum Gasteiger partial charge on any atom is 0.317 e. The summed E-state index contributed by atoms with van der Waals surface area (Å²) in [5.41, 5.74) is 0.882. The molecule has 1 aliphatic heterocycles. The highest BCUT2D eigenvalue weighted by Gasteiger charge is 2.21. The fourth-order valence-corrected chi connectivity index (χ4v) is 3.15. The predicted octanol–water partition coefficient (Wildman–Crippen LogP) is 1.97. The molecule has 1 heterocycles. The second kappa shape index (κ2) is 7.31. The minimum absolute atomic E-state index is 0.108. The smallest absolute Gasteiger partial charge is 0.317 e. The fourth-order valence-electron chi connectivity index (χ4n) is 2.52. The first-order chi connectivity index (χ1) is 10.8. The normalized spacial score (nSPS) is 19.3. The molecule has 2 rings (SSSR count). The van der Waals surface area contributed by atoms with Crippen molar-refractivity contribution in [3.63, 3.8) is 0 Å². The first-order valence-electron chi connectivity index (χ1n) is 7.71. The summed E-state index contributed by atoms with van der Waals surface area (Å²) in [6.45, 7) is 3.18. The molecule has 0 radical (unpaired) electrons. The largest absolute Gasteiger partial charge is 0.376 e. The number of amides is 2. The molecule has 0 bridgehead atoms. The maximum absolute atomic E-state index is 12.2. The molecular formula is C16H24N2O4S. The molecule has 1 fully saturated rings. The Kier molecular flexibility index (Phi) is 5.64. The maximum atomic E-state index is 12.2. The first kappa shape index (κ1) is 17.7. The number of benzene rings is 1. The number of nitrogens with one attached hydrogen (secondary N) is 1. The molecule has 128 valence electrons. The number of rotatable bonds is 5. The Morgan fingerprint density at radius 2 is 2.04 bits per heavy atom. The number of nitrogens with zero attached hydrogens (tertiary/aromatic N) is 1. The van der Waals surface area contributed by atoms with Crippen LogP contribution in [0.2, 0.25) is 0 Å². The van der Waals surface area contributed by atoms with E-state index >= 15 is 0 Å². The van der Waals surface area contributed by atoms with Crippen molar-refractivity contribution in [2.45, 2.75) is 36.8 Å². The van der Waals surface area contributed by atoms with Gasteiger partial charge in [-0.25, -0.2) is 13.2 Å². The van der Waals surface area contributed by atoms with E-state index in [0.717, 1.165) is 25.0 Å². The highest BCUT2D eigenvalue weighted by molar-refractivity contribution is 7.90. The summed E-state index contributed by atoms with van der Waals surface area (Å²) in [7, 11) is -1.48. The van der Waals surface area contributed by atoms with Crippen LogP contribution in [0.4, 0.5) is 4.79 Å². The second-order valence-electron chi connectivity index (χ2n) is 5.95. The van der Waals surface area contributed by atoms with Gasteiger partial charge in [0.15, 0.2) is 9.84 Å². The van der Waals surface area contributed by atoms with E-state index in [1.165, 1.54) is 6.26 Å². The van der Waals surface area contributed by atoms with Crippen LogP contribution in [0.1, 0.15) is 31.4 Å². The number of sulfone groups is 1. The van der Waals surface area contributed by atoms with Gasteiger partial charge >= 0.3 is 6.03 Å². The van der Waals surface area contributed by atoms with Crippen molar-refractivity contribution in [2.24, 2.45) is 0 Å². The molecular weight excluding hydrogens is 316 g/mol. The zero-order valence-corrected chi connectivity index (χ0v) is 14.6. The highest BCUT2D eigenvalue weighted by atomic mass is 32.2. The van der Waals surface area contributed by atoms with Gasteiger partial charge in [0.25, 0.3) is 0 Å². The van der Waals surface area contributed by atoms with E-state index in [0.29, 0.717) is 6.54 Å². The van der Waals surface area contributed by atoms with Gasteiger partial charge in [-0.15, -0.1) is 0 Å². The van der Waals surface area contributed by atoms with Crippen LogP contribution in [-0.4, -0.2) is 51.9 Å². The number of carbonyl (C=O) groups is 1. The zero-order valence-electron chi connectivity index (χ0n) is 13.8. The Labute approximate surface area is 137 Å². The van der Waals surface area contributed by atoms with Crippen LogP contribution in [0.5, 0.6) is 0 Å². The molecule has 23 heavy (non-hydrogen) atoms. The molecule has 1 N–H and O–H groups in total. The molecule has 2 unspecified atom stereocenters. The molecule has 1 aliphatic rings. The lowest BCUT2D eigenvalue weighted by atomic mass is 10.1. The molecule has 0 aliphatic carbocycles. The Bertz CT molecular complexity index is 637. The van der Waals surface area contributed by atoms with Crippen molar-refractivity contribution < 1.29 is 17.9 Å². The van der Waals surface area contributed by atoms with Crippen LogP contribution in [0, 0.1) is 0 Å². The summed E-state index contributed by atoms with van der Waals surface area (Å²) in [5.74, 6) is 0. The molecule has 0 spiro atoms. The molecule has 1 saturated heterocycles. The third kappa shape index (κ3) is 4.68. The predicted molar refractivity (Wildman–Crippen MR) is 88.1 cm³/mol. The lowest BCUT2D eigenvalue weighted by molar-refractivity contribution is 0.108. The van der Waals surface area contributed by atoms with Crippen molar-refractivity contribution in [3.05, 3.63) is 29.8 Å². The second-order valence-corrected chi connectivity index (χ2v) is 7.96. The molecule has 2 amide bonds. The molecule has 1 aromatic rings. The average Bonchev–Trinajstić information content (AvgIpc) is 3.04. The molecule has 2 atom stereocenters. The molecule has 0 saturated carbocycles. The number of ether oxygens (including phenoxy) is 1. The van der Waals surface area contributed by atoms with Crippen LogP contribution < -0.4 is 5.32 Å². The van der Waals surface area contributed by atoms with Crippen molar-refractivity contribution in [1.29, 1.82) is 0 Å². The fraction of sp³-hybridized carbons (Fsp3) is 0.562. The highest BCUT2D eigenvalue weighted by Crippen LogP contribution is 2.21. The summed E-state index contributed by atoms with van der Waals surface area (Å²) in [5, 5.41) is 2.88. The molecule has 0 aromatic heterocycles. The summed E-state index contributed by atoms with van der Waals surface area (Å²) in [4.78, 5) is 14.1. The molecule has 7 heteroatoms. The Balaban J connectivity index is 1.95. The van der Waals surface area contributed by atoms with E-state index in [1.54, 1.807) is 36.2 Å². The van der Waals surface area contributed by atoms with E-state index in [-0.39, 0.29) is 23.1 Å². The van der Waals surface area contributed by atoms with E-state index in [4.69, 9.17) is 4.74 Å². The van der Waals surface area contributed by atoms with Crippen molar-refractivity contribution >= 4 is 15.9 Å². The SMILES string of the molecule is CC(c1ccc(S(C)(=O)=O)cc1)N(C)C(=O)NCC1CCCO1. The average molecular weight is 340 g/mol. The zero-order chi connectivity index (χ0) is 17.0. The van der Waals surface area contributed by atoms with Gasteiger partial charge in [-0.1, -0.05) is 12.1 Å². The van der Waals surface area contributed by atoms with Gasteiger partial charge < -0.3 is 15.0 Å². The number of hydrogen-bond acceptors (Lipinski definition) is 4. The molecule has 1 aromatic carbocycles. The van der Waals surface area contributed by atoms with Crippen LogP contribution in [0.3, 0.4) is 0 Å². The van der Waals surface area contributed by atoms with Crippen molar-refractivity contribution in [1.82, 2.24) is 10.2 Å². The quantitative estimate of drug-likeness (QED) is 0.889. The monoisotopic (exact) mass is 340 g/mol. The van der Waals surface area contributed by atoms with Crippen molar-refractivity contribution in [3.8, 4) is 0 Å². The Hall–Kier alpha value is -1.60. The van der Waals surface area contributed by atoms with E-state index < -0.39 is 9.84 Å². The van der Waals surface area contributed by atoms with Gasteiger partial charge in [0.1, 0.15) is 0 Å². The third-order valence-corrected chi connectivity index (χ3v) is 5.33. The number of urea groups is 1. The van der Waals surface area contributed by atoms with Crippen LogP contribution >= 0.6 is 0 Å². The minimum atomic E-state index is -3.21. The van der Waals surface area contributed by atoms with Gasteiger partial charge in [-0.05, 0) is 37.5 Å². The van der Waals surface area contributed by atoms with Gasteiger partial charge in [-0.3, -0.25) is 0 Å².